The Morgan fingerprint density at radius 3 is 2.52 bits per heavy atom. The van der Waals surface area contributed by atoms with Crippen LogP contribution >= 0.6 is 0 Å². The third-order valence-corrected chi connectivity index (χ3v) is 4.86. The van der Waals surface area contributed by atoms with E-state index in [9.17, 15) is 9.90 Å². The van der Waals surface area contributed by atoms with Crippen LogP contribution in [0.2, 0.25) is 0 Å². The van der Waals surface area contributed by atoms with E-state index in [0.29, 0.717) is 26.2 Å². The van der Waals surface area contributed by atoms with Gasteiger partial charge in [-0.1, -0.05) is 24.6 Å². The molecule has 0 aromatic heterocycles. The Morgan fingerprint density at radius 1 is 1.30 bits per heavy atom. The lowest BCUT2D eigenvalue weighted by Gasteiger charge is -2.40. The number of aliphatic hydroxyl groups is 1. The van der Waals surface area contributed by atoms with Crippen LogP contribution in [0.1, 0.15) is 31.7 Å². The zero-order valence-corrected chi connectivity index (χ0v) is 14.2. The molecule has 2 rings (SSSR count). The molecule has 5 nitrogen and oxygen atoms in total. The van der Waals surface area contributed by atoms with E-state index in [1.54, 1.807) is 0 Å². The Labute approximate surface area is 138 Å². The summed E-state index contributed by atoms with van der Waals surface area (Å²) in [6.45, 7) is 6.71. The van der Waals surface area contributed by atoms with E-state index in [-0.39, 0.29) is 18.1 Å². The molecule has 1 aliphatic heterocycles. The number of ether oxygens (including phenoxy) is 1. The maximum absolute atomic E-state index is 12.1. The molecule has 1 saturated heterocycles. The fourth-order valence-electron chi connectivity index (χ4n) is 2.88. The van der Waals surface area contributed by atoms with Crippen LogP contribution < -0.4 is 10.1 Å². The SMILES string of the molecule is CCC1(CO)CCN(C(=O)NCCOc2ccc(C)cc2)CC1. The fraction of sp³-hybridized carbons (Fsp3) is 0.611. The quantitative estimate of drug-likeness (QED) is 0.792. The van der Waals surface area contributed by atoms with Gasteiger partial charge >= 0.3 is 6.03 Å². The Balaban J connectivity index is 1.66. The highest BCUT2D eigenvalue weighted by Gasteiger charge is 2.33. The second-order valence-electron chi connectivity index (χ2n) is 6.39. The van der Waals surface area contributed by atoms with Crippen molar-refractivity contribution in [3.63, 3.8) is 0 Å². The van der Waals surface area contributed by atoms with Crippen molar-refractivity contribution in [2.75, 3.05) is 32.8 Å². The van der Waals surface area contributed by atoms with Gasteiger partial charge in [0, 0.05) is 19.7 Å². The summed E-state index contributed by atoms with van der Waals surface area (Å²) in [7, 11) is 0. The Kier molecular flexibility index (Phi) is 6.28. The number of benzene rings is 1. The molecule has 0 aliphatic carbocycles. The number of amides is 2. The van der Waals surface area contributed by atoms with Crippen molar-refractivity contribution < 1.29 is 14.6 Å². The summed E-state index contributed by atoms with van der Waals surface area (Å²) in [5.74, 6) is 0.818. The maximum Gasteiger partial charge on any atom is 0.317 e. The molecule has 0 bridgehead atoms. The van der Waals surface area contributed by atoms with Crippen LogP contribution in [0.25, 0.3) is 0 Å². The standard InChI is InChI=1S/C18H28N2O3/c1-3-18(14-21)8-11-20(12-9-18)17(22)19-10-13-23-16-6-4-15(2)5-7-16/h4-7,21H,3,8-14H2,1-2H3,(H,19,22). The first-order valence-electron chi connectivity index (χ1n) is 8.42. The average molecular weight is 320 g/mol. The summed E-state index contributed by atoms with van der Waals surface area (Å²) >= 11 is 0. The van der Waals surface area contributed by atoms with Gasteiger partial charge in [0.05, 0.1) is 6.54 Å². The number of hydrogen-bond acceptors (Lipinski definition) is 3. The van der Waals surface area contributed by atoms with Crippen molar-refractivity contribution >= 4 is 6.03 Å². The largest absolute Gasteiger partial charge is 0.492 e. The van der Waals surface area contributed by atoms with Gasteiger partial charge in [0.15, 0.2) is 0 Å². The lowest BCUT2D eigenvalue weighted by Crippen LogP contribution is -2.48. The van der Waals surface area contributed by atoms with Gasteiger partial charge in [-0.15, -0.1) is 0 Å². The van der Waals surface area contributed by atoms with Gasteiger partial charge in [0.1, 0.15) is 12.4 Å². The number of likely N-dealkylation sites (tertiary alicyclic amines) is 1. The van der Waals surface area contributed by atoms with Crippen molar-refractivity contribution in [3.05, 3.63) is 29.8 Å². The molecule has 1 aromatic carbocycles. The van der Waals surface area contributed by atoms with E-state index in [2.05, 4.69) is 12.2 Å². The summed E-state index contributed by atoms with van der Waals surface area (Å²) in [5, 5.41) is 12.4. The molecule has 128 valence electrons. The average Bonchev–Trinajstić information content (AvgIpc) is 2.60. The second-order valence-corrected chi connectivity index (χ2v) is 6.39. The Morgan fingerprint density at radius 2 is 1.96 bits per heavy atom. The minimum absolute atomic E-state index is 0.00529. The van der Waals surface area contributed by atoms with Crippen molar-refractivity contribution in [1.82, 2.24) is 10.2 Å². The number of urea groups is 1. The van der Waals surface area contributed by atoms with E-state index < -0.39 is 0 Å². The fourth-order valence-corrected chi connectivity index (χ4v) is 2.88. The number of nitrogens with zero attached hydrogens (tertiary/aromatic N) is 1. The summed E-state index contributed by atoms with van der Waals surface area (Å²) in [6.07, 6.45) is 2.70. The molecule has 0 atom stereocenters. The molecule has 5 heteroatoms. The molecule has 23 heavy (non-hydrogen) atoms. The van der Waals surface area contributed by atoms with Crippen LogP contribution in [0, 0.1) is 12.3 Å². The molecule has 0 saturated carbocycles. The maximum atomic E-state index is 12.1. The molecule has 2 amide bonds. The van der Waals surface area contributed by atoms with E-state index in [1.807, 2.05) is 36.1 Å². The number of hydrogen-bond donors (Lipinski definition) is 2. The highest BCUT2D eigenvalue weighted by atomic mass is 16.5. The van der Waals surface area contributed by atoms with Crippen LogP contribution in [0.3, 0.4) is 0 Å². The van der Waals surface area contributed by atoms with Crippen molar-refractivity contribution in [1.29, 1.82) is 0 Å². The monoisotopic (exact) mass is 320 g/mol. The first-order chi connectivity index (χ1) is 11.1. The van der Waals surface area contributed by atoms with Gasteiger partial charge in [-0.3, -0.25) is 0 Å². The summed E-state index contributed by atoms with van der Waals surface area (Å²) in [5.41, 5.74) is 1.20. The van der Waals surface area contributed by atoms with Crippen LogP contribution in [0.15, 0.2) is 24.3 Å². The van der Waals surface area contributed by atoms with Gasteiger partial charge in [0.25, 0.3) is 0 Å². The third kappa shape index (κ3) is 4.86. The highest BCUT2D eigenvalue weighted by molar-refractivity contribution is 5.74. The van der Waals surface area contributed by atoms with Gasteiger partial charge in [0.2, 0.25) is 0 Å². The van der Waals surface area contributed by atoms with Crippen LogP contribution in [-0.4, -0.2) is 48.9 Å². The van der Waals surface area contributed by atoms with Gasteiger partial charge in [-0.2, -0.15) is 0 Å². The zero-order valence-electron chi connectivity index (χ0n) is 14.2. The summed E-state index contributed by atoms with van der Waals surface area (Å²) in [4.78, 5) is 14.0. The zero-order chi connectivity index (χ0) is 16.7. The normalized spacial score (nSPS) is 16.9. The van der Waals surface area contributed by atoms with E-state index in [1.165, 1.54) is 5.56 Å². The number of rotatable bonds is 6. The number of carbonyl (C=O) groups is 1. The van der Waals surface area contributed by atoms with E-state index >= 15 is 0 Å². The van der Waals surface area contributed by atoms with Gasteiger partial charge in [-0.25, -0.2) is 4.79 Å². The second kappa shape index (κ2) is 8.20. The topological polar surface area (TPSA) is 61.8 Å². The summed E-state index contributed by atoms with van der Waals surface area (Å²) < 4.78 is 5.60. The lowest BCUT2D eigenvalue weighted by molar-refractivity contribution is 0.0518. The van der Waals surface area contributed by atoms with E-state index in [0.717, 1.165) is 25.0 Å². The minimum atomic E-state index is -0.0415. The predicted molar refractivity (Wildman–Crippen MR) is 90.7 cm³/mol. The molecule has 1 aromatic rings. The number of piperidine rings is 1. The van der Waals surface area contributed by atoms with Crippen molar-refractivity contribution in [2.24, 2.45) is 5.41 Å². The van der Waals surface area contributed by atoms with Crippen LogP contribution in [-0.2, 0) is 0 Å². The third-order valence-electron chi connectivity index (χ3n) is 4.86. The molecular formula is C18H28N2O3. The Hall–Kier alpha value is -1.75. The van der Waals surface area contributed by atoms with Crippen molar-refractivity contribution in [2.45, 2.75) is 33.1 Å². The molecule has 0 spiro atoms. The smallest absolute Gasteiger partial charge is 0.317 e. The molecule has 1 aliphatic rings. The first-order valence-corrected chi connectivity index (χ1v) is 8.42. The number of aryl methyl sites for hydroxylation is 1. The van der Waals surface area contributed by atoms with Gasteiger partial charge in [-0.05, 0) is 43.7 Å². The molecular weight excluding hydrogens is 292 g/mol. The van der Waals surface area contributed by atoms with Crippen molar-refractivity contribution in [3.8, 4) is 5.75 Å². The molecule has 0 radical (unpaired) electrons. The lowest BCUT2D eigenvalue weighted by atomic mass is 9.77. The highest BCUT2D eigenvalue weighted by Crippen LogP contribution is 2.34. The van der Waals surface area contributed by atoms with Crippen LogP contribution in [0.5, 0.6) is 5.75 Å². The number of aliphatic hydroxyl groups excluding tert-OH is 1. The number of carbonyl (C=O) groups excluding carboxylic acids is 1. The first kappa shape index (κ1) is 17.6. The van der Waals surface area contributed by atoms with E-state index in [4.69, 9.17) is 4.74 Å². The molecule has 0 unspecified atom stereocenters. The molecule has 2 N–H and O–H groups in total. The number of nitrogens with one attached hydrogen (secondary N) is 1. The molecule has 1 fully saturated rings. The minimum Gasteiger partial charge on any atom is -0.492 e. The summed E-state index contributed by atoms with van der Waals surface area (Å²) in [6, 6.07) is 7.83. The molecule has 1 heterocycles. The predicted octanol–water partition coefficient (Wildman–Crippen LogP) is 2.57. The Bertz CT molecular complexity index is 487. The van der Waals surface area contributed by atoms with Crippen LogP contribution in [0.4, 0.5) is 4.79 Å². The van der Waals surface area contributed by atoms with Gasteiger partial charge < -0.3 is 20.1 Å².